The molecule has 0 fully saturated rings. The zero-order valence-electron chi connectivity index (χ0n) is 19.8. The summed E-state index contributed by atoms with van der Waals surface area (Å²) < 4.78 is 18.9. The largest absolute Gasteiger partial charge is 0.484 e. The molecule has 6 heteroatoms. The SMILES string of the molecule is Cc1ccccc1CN(C(=O)COc1ccc(F)cc1)[C@@H](Cc1ccccc1)C(=O)NC(C)C. The third-order valence-electron chi connectivity index (χ3n) is 5.48. The molecule has 3 aromatic rings. The minimum atomic E-state index is -0.728. The molecule has 0 bridgehead atoms. The van der Waals surface area contributed by atoms with Crippen LogP contribution in [0.3, 0.4) is 0 Å². The smallest absolute Gasteiger partial charge is 0.261 e. The lowest BCUT2D eigenvalue weighted by Crippen LogP contribution is -2.52. The number of hydrogen-bond donors (Lipinski definition) is 1. The van der Waals surface area contributed by atoms with E-state index in [1.54, 1.807) is 4.90 Å². The molecule has 0 aliphatic heterocycles. The third-order valence-corrected chi connectivity index (χ3v) is 5.48. The van der Waals surface area contributed by atoms with Gasteiger partial charge in [0.1, 0.15) is 17.6 Å². The lowest BCUT2D eigenvalue weighted by atomic mass is 10.0. The summed E-state index contributed by atoms with van der Waals surface area (Å²) in [6.45, 7) is 5.76. The fraction of sp³-hybridized carbons (Fsp3) is 0.286. The van der Waals surface area contributed by atoms with Gasteiger partial charge in [0.25, 0.3) is 5.91 Å². The van der Waals surface area contributed by atoms with Crippen LogP contribution in [-0.4, -0.2) is 35.4 Å². The van der Waals surface area contributed by atoms with Crippen molar-refractivity contribution in [3.8, 4) is 5.75 Å². The molecule has 0 radical (unpaired) electrons. The van der Waals surface area contributed by atoms with Gasteiger partial charge in [0.15, 0.2) is 6.61 Å². The molecule has 1 atom stereocenters. The molecule has 3 rings (SSSR count). The first-order valence-corrected chi connectivity index (χ1v) is 11.4. The molecule has 5 nitrogen and oxygen atoms in total. The van der Waals surface area contributed by atoms with Crippen molar-refractivity contribution in [2.75, 3.05) is 6.61 Å². The molecule has 34 heavy (non-hydrogen) atoms. The first-order valence-electron chi connectivity index (χ1n) is 11.4. The summed E-state index contributed by atoms with van der Waals surface area (Å²) in [7, 11) is 0. The maximum Gasteiger partial charge on any atom is 0.261 e. The van der Waals surface area contributed by atoms with Crippen LogP contribution in [-0.2, 0) is 22.6 Å². The molecule has 1 N–H and O–H groups in total. The fourth-order valence-electron chi connectivity index (χ4n) is 3.66. The first kappa shape index (κ1) is 25.0. The molecule has 0 saturated heterocycles. The highest BCUT2D eigenvalue weighted by molar-refractivity contribution is 5.88. The van der Waals surface area contributed by atoms with Gasteiger partial charge < -0.3 is 15.0 Å². The predicted octanol–water partition coefficient (Wildman–Crippen LogP) is 4.68. The molecule has 0 saturated carbocycles. The van der Waals surface area contributed by atoms with E-state index in [1.807, 2.05) is 75.4 Å². The van der Waals surface area contributed by atoms with Crippen LogP contribution < -0.4 is 10.1 Å². The van der Waals surface area contributed by atoms with Gasteiger partial charge in [0.2, 0.25) is 5.91 Å². The number of amides is 2. The van der Waals surface area contributed by atoms with Crippen molar-refractivity contribution >= 4 is 11.8 Å². The Balaban J connectivity index is 1.91. The highest BCUT2D eigenvalue weighted by Gasteiger charge is 2.31. The van der Waals surface area contributed by atoms with Crippen LogP contribution in [0.5, 0.6) is 5.75 Å². The Hall–Kier alpha value is -3.67. The van der Waals surface area contributed by atoms with Gasteiger partial charge in [0, 0.05) is 19.0 Å². The van der Waals surface area contributed by atoms with Crippen LogP contribution in [0.25, 0.3) is 0 Å². The van der Waals surface area contributed by atoms with Crippen molar-refractivity contribution in [3.63, 3.8) is 0 Å². The first-order chi connectivity index (χ1) is 16.3. The quantitative estimate of drug-likeness (QED) is 0.476. The highest BCUT2D eigenvalue weighted by atomic mass is 19.1. The van der Waals surface area contributed by atoms with E-state index in [1.165, 1.54) is 24.3 Å². The van der Waals surface area contributed by atoms with E-state index in [0.717, 1.165) is 16.7 Å². The van der Waals surface area contributed by atoms with E-state index < -0.39 is 6.04 Å². The molecule has 2 amide bonds. The van der Waals surface area contributed by atoms with Gasteiger partial charge in [-0.15, -0.1) is 0 Å². The van der Waals surface area contributed by atoms with Crippen LogP contribution in [0, 0.1) is 12.7 Å². The summed E-state index contributed by atoms with van der Waals surface area (Å²) in [6.07, 6.45) is 0.369. The zero-order chi connectivity index (χ0) is 24.5. The molecule has 0 heterocycles. The lowest BCUT2D eigenvalue weighted by Gasteiger charge is -2.32. The summed E-state index contributed by atoms with van der Waals surface area (Å²) >= 11 is 0. The second-order valence-electron chi connectivity index (χ2n) is 8.56. The Morgan fingerprint density at radius 1 is 0.941 bits per heavy atom. The van der Waals surface area contributed by atoms with Crippen LogP contribution in [0.1, 0.15) is 30.5 Å². The maximum absolute atomic E-state index is 13.5. The molecule has 0 aliphatic rings. The number of hydrogen-bond acceptors (Lipinski definition) is 3. The number of nitrogens with one attached hydrogen (secondary N) is 1. The third kappa shape index (κ3) is 7.17. The van der Waals surface area contributed by atoms with E-state index in [-0.39, 0.29) is 36.8 Å². The molecule has 178 valence electrons. The maximum atomic E-state index is 13.5. The summed E-state index contributed by atoms with van der Waals surface area (Å²) in [6, 6.07) is 22.1. The van der Waals surface area contributed by atoms with Crippen molar-refractivity contribution in [1.82, 2.24) is 10.2 Å². The normalized spacial score (nSPS) is 11.7. The Kier molecular flexibility index (Phi) is 8.79. The second-order valence-corrected chi connectivity index (χ2v) is 8.56. The van der Waals surface area contributed by atoms with Crippen LogP contribution in [0.2, 0.25) is 0 Å². The van der Waals surface area contributed by atoms with Crippen LogP contribution >= 0.6 is 0 Å². The van der Waals surface area contributed by atoms with Gasteiger partial charge in [-0.05, 0) is 61.7 Å². The molecule has 0 spiro atoms. The minimum Gasteiger partial charge on any atom is -0.484 e. The number of ether oxygens (including phenoxy) is 1. The Bertz CT molecular complexity index is 1080. The average molecular weight is 463 g/mol. The Morgan fingerprint density at radius 2 is 1.59 bits per heavy atom. The second kappa shape index (κ2) is 12.0. The monoisotopic (exact) mass is 462 g/mol. The van der Waals surface area contributed by atoms with Gasteiger partial charge >= 0.3 is 0 Å². The molecule has 0 aliphatic carbocycles. The van der Waals surface area contributed by atoms with Crippen molar-refractivity contribution in [3.05, 3.63) is 101 Å². The molecule has 3 aromatic carbocycles. The topological polar surface area (TPSA) is 58.6 Å². The molecular formula is C28H31FN2O3. The van der Waals surface area contributed by atoms with Crippen LogP contribution in [0.15, 0.2) is 78.9 Å². The van der Waals surface area contributed by atoms with Gasteiger partial charge in [0.05, 0.1) is 0 Å². The van der Waals surface area contributed by atoms with Gasteiger partial charge in [-0.3, -0.25) is 9.59 Å². The van der Waals surface area contributed by atoms with Gasteiger partial charge in [-0.25, -0.2) is 4.39 Å². The number of carbonyl (C=O) groups excluding carboxylic acids is 2. The zero-order valence-corrected chi connectivity index (χ0v) is 19.8. The van der Waals surface area contributed by atoms with Crippen molar-refractivity contribution in [1.29, 1.82) is 0 Å². The number of rotatable bonds is 10. The summed E-state index contributed by atoms with van der Waals surface area (Å²) in [5.74, 6) is -0.542. The van der Waals surface area contributed by atoms with E-state index in [9.17, 15) is 14.0 Å². The van der Waals surface area contributed by atoms with Crippen molar-refractivity contribution in [2.45, 2.75) is 45.8 Å². The standard InChI is InChI=1S/C28H31FN2O3/c1-20(2)30-28(33)26(17-22-10-5-4-6-11-22)31(18-23-12-8-7-9-21(23)3)27(32)19-34-25-15-13-24(29)14-16-25/h4-16,20,26H,17-19H2,1-3H3,(H,30,33)/t26-/m0/s1. The van der Waals surface area contributed by atoms with Crippen molar-refractivity contribution in [2.24, 2.45) is 0 Å². The molecule has 0 aromatic heterocycles. The average Bonchev–Trinajstić information content (AvgIpc) is 2.82. The lowest BCUT2D eigenvalue weighted by molar-refractivity contribution is -0.143. The van der Waals surface area contributed by atoms with E-state index in [4.69, 9.17) is 4.74 Å². The summed E-state index contributed by atoms with van der Waals surface area (Å²) in [4.78, 5) is 28.4. The summed E-state index contributed by atoms with van der Waals surface area (Å²) in [5.41, 5.74) is 2.93. The van der Waals surface area contributed by atoms with E-state index in [0.29, 0.717) is 12.2 Å². The van der Waals surface area contributed by atoms with Gasteiger partial charge in [-0.1, -0.05) is 54.6 Å². The Morgan fingerprint density at radius 3 is 2.24 bits per heavy atom. The Labute approximate surface area is 200 Å². The fourth-order valence-corrected chi connectivity index (χ4v) is 3.66. The van der Waals surface area contributed by atoms with Crippen LogP contribution in [0.4, 0.5) is 4.39 Å². The highest BCUT2D eigenvalue weighted by Crippen LogP contribution is 2.18. The number of nitrogens with zero attached hydrogens (tertiary/aromatic N) is 1. The minimum absolute atomic E-state index is 0.0725. The number of carbonyl (C=O) groups is 2. The summed E-state index contributed by atoms with van der Waals surface area (Å²) in [5, 5.41) is 2.96. The molecular weight excluding hydrogens is 431 g/mol. The number of halogens is 1. The predicted molar refractivity (Wildman–Crippen MR) is 131 cm³/mol. The number of benzene rings is 3. The van der Waals surface area contributed by atoms with Crippen molar-refractivity contribution < 1.29 is 18.7 Å². The van der Waals surface area contributed by atoms with Gasteiger partial charge in [-0.2, -0.15) is 0 Å². The number of aryl methyl sites for hydroxylation is 1. The van der Waals surface area contributed by atoms with E-state index in [2.05, 4.69) is 5.32 Å². The molecule has 0 unspecified atom stereocenters. The van der Waals surface area contributed by atoms with E-state index >= 15 is 0 Å².